The van der Waals surface area contributed by atoms with Gasteiger partial charge in [0.1, 0.15) is 29.8 Å². The van der Waals surface area contributed by atoms with Gasteiger partial charge in [0.05, 0.1) is 10.9 Å². The summed E-state index contributed by atoms with van der Waals surface area (Å²) in [6.07, 6.45) is 6.35. The molecule has 0 spiro atoms. The van der Waals surface area contributed by atoms with E-state index in [1.165, 1.54) is 0 Å². The lowest BCUT2D eigenvalue weighted by atomic mass is 9.95. The van der Waals surface area contributed by atoms with Crippen molar-refractivity contribution in [2.45, 2.75) is 76.2 Å². The zero-order chi connectivity index (χ0) is 27.4. The van der Waals surface area contributed by atoms with Gasteiger partial charge < -0.3 is 15.0 Å². The summed E-state index contributed by atoms with van der Waals surface area (Å²) in [5.41, 5.74) is 2.06. The summed E-state index contributed by atoms with van der Waals surface area (Å²) < 4.78 is 37.1. The quantitative estimate of drug-likeness (QED) is 0.449. The van der Waals surface area contributed by atoms with E-state index in [2.05, 4.69) is 38.9 Å². The Morgan fingerprint density at radius 1 is 1.12 bits per heavy atom. The first-order valence-electron chi connectivity index (χ1n) is 14.9. The predicted molar refractivity (Wildman–Crippen MR) is 152 cm³/mol. The van der Waals surface area contributed by atoms with Crippen molar-refractivity contribution in [3.63, 3.8) is 0 Å². The third-order valence-electron chi connectivity index (χ3n) is 9.29. The molecule has 4 saturated heterocycles. The van der Waals surface area contributed by atoms with Gasteiger partial charge in [-0.25, -0.2) is 8.78 Å². The first kappa shape index (κ1) is 26.0. The number of piperazine rings is 1. The first-order valence-corrected chi connectivity index (χ1v) is 14.9. The molecule has 3 aromatic rings. The summed E-state index contributed by atoms with van der Waals surface area (Å²) in [5, 5.41) is 4.26. The molecule has 4 aliphatic rings. The number of alkyl halides is 1. The van der Waals surface area contributed by atoms with Gasteiger partial charge in [-0.2, -0.15) is 9.97 Å². The van der Waals surface area contributed by atoms with Crippen LogP contribution in [0.5, 0.6) is 6.01 Å². The van der Waals surface area contributed by atoms with E-state index < -0.39 is 12.0 Å². The maximum Gasteiger partial charge on any atom is 0.319 e. The molecule has 2 bridgehead atoms. The summed E-state index contributed by atoms with van der Waals surface area (Å²) >= 11 is 0. The molecule has 212 valence electrons. The van der Waals surface area contributed by atoms with Crippen molar-refractivity contribution in [1.29, 1.82) is 0 Å². The van der Waals surface area contributed by atoms with Crippen LogP contribution in [0.4, 0.5) is 14.6 Å². The highest BCUT2D eigenvalue weighted by molar-refractivity contribution is 5.92. The smallest absolute Gasteiger partial charge is 0.319 e. The summed E-state index contributed by atoms with van der Waals surface area (Å²) in [5.74, 6) is 0.642. The van der Waals surface area contributed by atoms with E-state index in [1.54, 1.807) is 6.20 Å². The number of ether oxygens (including phenoxy) is 1. The van der Waals surface area contributed by atoms with Gasteiger partial charge in [-0.05, 0) is 50.1 Å². The Kier molecular flexibility index (Phi) is 6.62. The lowest BCUT2D eigenvalue weighted by molar-refractivity contribution is 0.107. The van der Waals surface area contributed by atoms with Crippen LogP contribution in [0.1, 0.15) is 51.5 Å². The average molecular weight is 549 g/mol. The van der Waals surface area contributed by atoms with E-state index in [1.807, 2.05) is 24.3 Å². The van der Waals surface area contributed by atoms with Crippen molar-refractivity contribution in [1.82, 2.24) is 25.2 Å². The maximum absolute atomic E-state index is 16.5. The van der Waals surface area contributed by atoms with Gasteiger partial charge in [0.2, 0.25) is 0 Å². The Bertz CT molecular complexity index is 1410. The SMILES string of the molecule is CC(C)Cc1ccccc1-c1ncc2c(N3CC4CCC(C3)N4)nc(OC[C@@]34CCCN3C[C@H](F)C4)nc2c1F. The molecule has 0 radical (unpaired) electrons. The molecule has 7 nitrogen and oxygen atoms in total. The molecule has 6 heterocycles. The third kappa shape index (κ3) is 4.61. The lowest BCUT2D eigenvalue weighted by Crippen LogP contribution is -2.51. The molecule has 0 amide bonds. The molecule has 9 heteroatoms. The largest absolute Gasteiger partial charge is 0.461 e. The van der Waals surface area contributed by atoms with E-state index in [0.717, 1.165) is 62.9 Å². The van der Waals surface area contributed by atoms with Crippen LogP contribution in [0.3, 0.4) is 0 Å². The number of pyridine rings is 1. The molecule has 2 unspecified atom stereocenters. The summed E-state index contributed by atoms with van der Waals surface area (Å²) in [6, 6.07) is 8.82. The molecule has 0 aliphatic carbocycles. The zero-order valence-electron chi connectivity index (χ0n) is 23.4. The van der Waals surface area contributed by atoms with E-state index in [4.69, 9.17) is 9.72 Å². The molecule has 7 rings (SSSR count). The number of aromatic nitrogens is 3. The van der Waals surface area contributed by atoms with Crippen LogP contribution in [0, 0.1) is 11.7 Å². The first-order chi connectivity index (χ1) is 19.4. The molecule has 4 fully saturated rings. The van der Waals surface area contributed by atoms with Crippen LogP contribution in [0.25, 0.3) is 22.2 Å². The van der Waals surface area contributed by atoms with E-state index in [9.17, 15) is 4.39 Å². The van der Waals surface area contributed by atoms with Crippen LogP contribution < -0.4 is 15.0 Å². The van der Waals surface area contributed by atoms with Crippen LogP contribution in [0.2, 0.25) is 0 Å². The number of hydrogen-bond acceptors (Lipinski definition) is 7. The number of nitrogens with one attached hydrogen (secondary N) is 1. The van der Waals surface area contributed by atoms with Gasteiger partial charge in [-0.1, -0.05) is 38.1 Å². The molecule has 1 aromatic carbocycles. The lowest BCUT2D eigenvalue weighted by Gasteiger charge is -2.34. The molecule has 2 aromatic heterocycles. The summed E-state index contributed by atoms with van der Waals surface area (Å²) in [7, 11) is 0. The molecule has 4 aliphatic heterocycles. The number of anilines is 1. The van der Waals surface area contributed by atoms with Crippen molar-refractivity contribution in [2.75, 3.05) is 37.7 Å². The molecular weight excluding hydrogens is 510 g/mol. The molecule has 1 N–H and O–H groups in total. The van der Waals surface area contributed by atoms with Gasteiger partial charge in [-0.3, -0.25) is 9.88 Å². The van der Waals surface area contributed by atoms with Gasteiger partial charge in [0.25, 0.3) is 0 Å². The van der Waals surface area contributed by atoms with E-state index in [-0.39, 0.29) is 17.1 Å². The Morgan fingerprint density at radius 2 is 1.93 bits per heavy atom. The van der Waals surface area contributed by atoms with Gasteiger partial charge >= 0.3 is 6.01 Å². The average Bonchev–Trinajstić information content (AvgIpc) is 3.58. The second-order valence-corrected chi connectivity index (χ2v) is 12.7. The fraction of sp³-hybridized carbons (Fsp3) is 0.581. The standard InChI is InChI=1S/C31H38F2N6O/c1-19(2)12-20-6-3-4-7-24(20)27-26(33)28-25(14-34-27)29(38-16-22-8-9-23(17-38)35-22)37-30(36-28)40-18-31-10-5-11-39(31)15-21(32)13-31/h3-4,6-7,14,19,21-23,35H,5,8-13,15-18H2,1-2H3/t21-,22?,23?,31+/m1/s1. The fourth-order valence-corrected chi connectivity index (χ4v) is 7.50. The van der Waals surface area contributed by atoms with E-state index in [0.29, 0.717) is 54.5 Å². The predicted octanol–water partition coefficient (Wildman–Crippen LogP) is 4.93. The number of nitrogens with zero attached hydrogens (tertiary/aromatic N) is 5. The van der Waals surface area contributed by atoms with Gasteiger partial charge in [-0.15, -0.1) is 0 Å². The number of benzene rings is 1. The molecule has 4 atom stereocenters. The number of fused-ring (bicyclic) bond motifs is 4. The Balaban J connectivity index is 1.30. The van der Waals surface area contributed by atoms with Crippen LogP contribution in [-0.4, -0.2) is 76.4 Å². The van der Waals surface area contributed by atoms with Crippen molar-refractivity contribution in [3.05, 3.63) is 41.8 Å². The minimum absolute atomic E-state index is 0.156. The second kappa shape index (κ2) is 10.2. The monoisotopic (exact) mass is 548 g/mol. The van der Waals surface area contributed by atoms with Crippen LogP contribution in [0.15, 0.2) is 30.5 Å². The fourth-order valence-electron chi connectivity index (χ4n) is 7.50. The minimum atomic E-state index is -0.842. The Morgan fingerprint density at radius 3 is 2.73 bits per heavy atom. The molecule has 40 heavy (non-hydrogen) atoms. The Labute approximate surface area is 234 Å². The Hall–Kier alpha value is -2.91. The highest BCUT2D eigenvalue weighted by Crippen LogP contribution is 2.41. The number of hydrogen-bond donors (Lipinski definition) is 1. The van der Waals surface area contributed by atoms with Crippen LogP contribution in [-0.2, 0) is 6.42 Å². The van der Waals surface area contributed by atoms with E-state index >= 15 is 4.39 Å². The number of halogens is 2. The van der Waals surface area contributed by atoms with Crippen molar-refractivity contribution >= 4 is 16.7 Å². The van der Waals surface area contributed by atoms with Crippen LogP contribution >= 0.6 is 0 Å². The van der Waals surface area contributed by atoms with Crippen molar-refractivity contribution < 1.29 is 13.5 Å². The molecule has 0 saturated carbocycles. The summed E-state index contributed by atoms with van der Waals surface area (Å²) in [6.45, 7) is 7.55. The minimum Gasteiger partial charge on any atom is -0.461 e. The zero-order valence-corrected chi connectivity index (χ0v) is 23.4. The van der Waals surface area contributed by atoms with Gasteiger partial charge in [0, 0.05) is 49.9 Å². The maximum atomic E-state index is 16.5. The van der Waals surface area contributed by atoms with Gasteiger partial charge in [0.15, 0.2) is 5.82 Å². The highest BCUT2D eigenvalue weighted by atomic mass is 19.1. The highest BCUT2D eigenvalue weighted by Gasteiger charge is 2.49. The topological polar surface area (TPSA) is 66.4 Å². The normalized spacial score (nSPS) is 28.1. The van der Waals surface area contributed by atoms with Crippen molar-refractivity contribution in [3.8, 4) is 17.3 Å². The number of rotatable bonds is 7. The molecular formula is C31H38F2N6O. The third-order valence-corrected chi connectivity index (χ3v) is 9.29. The second-order valence-electron chi connectivity index (χ2n) is 12.7. The van der Waals surface area contributed by atoms with Crippen molar-refractivity contribution in [2.24, 2.45) is 5.92 Å². The summed E-state index contributed by atoms with van der Waals surface area (Å²) in [4.78, 5) is 18.6.